The van der Waals surface area contributed by atoms with Crippen LogP contribution in [0.2, 0.25) is 0 Å². The number of amides is 1. The molecule has 4 rings (SSSR count). The summed E-state index contributed by atoms with van der Waals surface area (Å²) < 4.78 is 1.75. The van der Waals surface area contributed by atoms with E-state index >= 15 is 0 Å². The number of carbonyl (C=O) groups is 2. The number of nitrogens with two attached hydrogens (primary N) is 1. The predicted octanol–water partition coefficient (Wildman–Crippen LogP) is 3.11. The first-order valence-corrected chi connectivity index (χ1v) is 9.61. The topological polar surface area (TPSA) is 133 Å². The van der Waals surface area contributed by atoms with Crippen LogP contribution >= 0.6 is 0 Å². The molecule has 8 nitrogen and oxygen atoms in total. The second-order valence-electron chi connectivity index (χ2n) is 7.23. The van der Waals surface area contributed by atoms with E-state index in [4.69, 9.17) is 10.8 Å². The zero-order valence-electron chi connectivity index (χ0n) is 16.0. The molecule has 8 heteroatoms. The second kappa shape index (κ2) is 8.80. The maximum Gasteiger partial charge on any atom is 0.407 e. The van der Waals surface area contributed by atoms with Gasteiger partial charge >= 0.3 is 12.1 Å². The number of aromatic nitrogens is 1. The lowest BCUT2D eigenvalue weighted by Crippen LogP contribution is -2.37. The van der Waals surface area contributed by atoms with Crippen molar-refractivity contribution in [3.8, 4) is 17.3 Å². The van der Waals surface area contributed by atoms with E-state index in [0.717, 1.165) is 10.5 Å². The monoisotopic (exact) mass is 396 g/mol. The predicted molar refractivity (Wildman–Crippen MR) is 106 cm³/mol. The molecule has 1 aliphatic heterocycles. The summed E-state index contributed by atoms with van der Waals surface area (Å²) in [5, 5.41) is 28.1. The minimum atomic E-state index is -1.22. The van der Waals surface area contributed by atoms with Gasteiger partial charge in [0.05, 0.1) is 23.5 Å². The molecule has 1 saturated carbocycles. The van der Waals surface area contributed by atoms with Crippen LogP contribution in [0, 0.1) is 11.3 Å². The lowest BCUT2D eigenvalue weighted by molar-refractivity contribution is 0.0691. The van der Waals surface area contributed by atoms with Crippen molar-refractivity contribution in [2.45, 2.75) is 44.8 Å². The lowest BCUT2D eigenvalue weighted by atomic mass is 10.0. The van der Waals surface area contributed by atoms with Gasteiger partial charge in [-0.2, -0.15) is 5.26 Å². The number of nitriles is 1. The van der Waals surface area contributed by atoms with Crippen LogP contribution in [0.25, 0.3) is 11.3 Å². The Bertz CT molecular complexity index is 940. The Balaban J connectivity index is 0.000000343. The van der Waals surface area contributed by atoms with Gasteiger partial charge in [0, 0.05) is 19.1 Å². The fourth-order valence-electron chi connectivity index (χ4n) is 3.92. The number of hydrogen-bond donors (Lipinski definition) is 3. The average molecular weight is 396 g/mol. The average Bonchev–Trinajstić information content (AvgIpc) is 3.32. The van der Waals surface area contributed by atoms with Crippen LogP contribution in [-0.2, 0) is 13.1 Å². The second-order valence-corrected chi connectivity index (χ2v) is 7.23. The number of carboxylic acids is 1. The minimum Gasteiger partial charge on any atom is -0.478 e. The minimum absolute atomic E-state index is 0.0432. The van der Waals surface area contributed by atoms with Crippen molar-refractivity contribution < 1.29 is 19.8 Å². The molecular formula is C21H24N4O4. The summed E-state index contributed by atoms with van der Waals surface area (Å²) in [6.45, 7) is 0.521. The number of benzene rings is 1. The summed E-state index contributed by atoms with van der Waals surface area (Å²) >= 11 is 0. The summed E-state index contributed by atoms with van der Waals surface area (Å²) in [7, 11) is 0. The molecule has 0 atom stereocenters. The lowest BCUT2D eigenvalue weighted by Gasteiger charge is -2.27. The van der Waals surface area contributed by atoms with Gasteiger partial charge in [0.25, 0.3) is 0 Å². The summed E-state index contributed by atoms with van der Waals surface area (Å²) in [6, 6.07) is 11.6. The van der Waals surface area contributed by atoms with Crippen LogP contribution in [0.3, 0.4) is 0 Å². The SMILES string of the molecule is N#Cc1c(C(=O)O)c2n(c1-c1ccccc1)CCN(C(=O)O)C2.NC1CCCC1. The summed E-state index contributed by atoms with van der Waals surface area (Å²) in [4.78, 5) is 24.0. The molecular weight excluding hydrogens is 372 g/mol. The number of rotatable bonds is 2. The van der Waals surface area contributed by atoms with Crippen molar-refractivity contribution >= 4 is 12.1 Å². The molecule has 1 aliphatic carbocycles. The third kappa shape index (κ3) is 4.25. The zero-order valence-corrected chi connectivity index (χ0v) is 16.0. The van der Waals surface area contributed by atoms with Gasteiger partial charge in [0.15, 0.2) is 0 Å². The van der Waals surface area contributed by atoms with E-state index in [-0.39, 0.29) is 24.2 Å². The van der Waals surface area contributed by atoms with Gasteiger partial charge in [0.1, 0.15) is 11.6 Å². The number of fused-ring (bicyclic) bond motifs is 1. The van der Waals surface area contributed by atoms with E-state index in [1.807, 2.05) is 24.3 Å². The molecule has 0 saturated heterocycles. The first-order valence-electron chi connectivity index (χ1n) is 9.61. The highest BCUT2D eigenvalue weighted by atomic mass is 16.4. The molecule has 0 radical (unpaired) electrons. The molecule has 0 unspecified atom stereocenters. The Hall–Kier alpha value is -3.31. The Morgan fingerprint density at radius 1 is 1.10 bits per heavy atom. The van der Waals surface area contributed by atoms with Gasteiger partial charge < -0.3 is 25.4 Å². The molecule has 2 aromatic rings. The van der Waals surface area contributed by atoms with E-state index in [0.29, 0.717) is 24.0 Å². The van der Waals surface area contributed by atoms with E-state index < -0.39 is 12.1 Å². The summed E-state index contributed by atoms with van der Waals surface area (Å²) in [5.41, 5.74) is 7.12. The van der Waals surface area contributed by atoms with Crippen LogP contribution in [0.1, 0.15) is 47.3 Å². The molecule has 0 bridgehead atoms. The summed E-state index contributed by atoms with van der Waals surface area (Å²) in [6.07, 6.45) is 4.15. The Morgan fingerprint density at radius 2 is 1.76 bits per heavy atom. The van der Waals surface area contributed by atoms with E-state index in [1.165, 1.54) is 25.7 Å². The maximum atomic E-state index is 11.6. The molecule has 152 valence electrons. The third-order valence-corrected chi connectivity index (χ3v) is 5.35. The first-order chi connectivity index (χ1) is 13.9. The van der Waals surface area contributed by atoms with Crippen molar-refractivity contribution in [1.29, 1.82) is 5.26 Å². The quantitative estimate of drug-likeness (QED) is 0.714. The Morgan fingerprint density at radius 3 is 2.24 bits per heavy atom. The zero-order chi connectivity index (χ0) is 21.0. The number of carboxylic acid groups (broad SMARTS) is 2. The van der Waals surface area contributed by atoms with Gasteiger partial charge in [-0.1, -0.05) is 43.2 Å². The van der Waals surface area contributed by atoms with Crippen LogP contribution in [0.15, 0.2) is 30.3 Å². The highest BCUT2D eigenvalue weighted by Gasteiger charge is 2.32. The van der Waals surface area contributed by atoms with Crippen molar-refractivity contribution in [1.82, 2.24) is 9.47 Å². The van der Waals surface area contributed by atoms with Crippen LogP contribution < -0.4 is 5.73 Å². The van der Waals surface area contributed by atoms with Gasteiger partial charge in [-0.25, -0.2) is 9.59 Å². The van der Waals surface area contributed by atoms with Crippen LogP contribution in [-0.4, -0.2) is 44.3 Å². The van der Waals surface area contributed by atoms with Crippen molar-refractivity contribution in [3.63, 3.8) is 0 Å². The standard InChI is InChI=1S/C16H13N3O4.C5H11N/c17-8-11-13(15(20)21)12-9-18(16(22)23)6-7-19(12)14(11)10-4-2-1-3-5-10;6-5-3-1-2-4-5/h1-5H,6-7,9H2,(H,20,21)(H,22,23);5H,1-4,6H2. The molecule has 0 spiro atoms. The molecule has 1 fully saturated rings. The van der Waals surface area contributed by atoms with Gasteiger partial charge in [-0.3, -0.25) is 0 Å². The molecule has 4 N–H and O–H groups in total. The van der Waals surface area contributed by atoms with Crippen LogP contribution in [0.5, 0.6) is 0 Å². The van der Waals surface area contributed by atoms with E-state index in [1.54, 1.807) is 16.7 Å². The van der Waals surface area contributed by atoms with E-state index in [2.05, 4.69) is 0 Å². The van der Waals surface area contributed by atoms with Crippen molar-refractivity contribution in [3.05, 3.63) is 47.2 Å². The van der Waals surface area contributed by atoms with Crippen LogP contribution in [0.4, 0.5) is 4.79 Å². The first kappa shape index (κ1) is 20.4. The fraction of sp³-hybridized carbons (Fsp3) is 0.381. The number of hydrogen-bond acceptors (Lipinski definition) is 4. The third-order valence-electron chi connectivity index (χ3n) is 5.35. The van der Waals surface area contributed by atoms with Gasteiger partial charge in [0.2, 0.25) is 0 Å². The number of aromatic carboxylic acids is 1. The molecule has 1 aromatic heterocycles. The highest BCUT2D eigenvalue weighted by Crippen LogP contribution is 2.34. The fourth-order valence-corrected chi connectivity index (χ4v) is 3.92. The van der Waals surface area contributed by atoms with Gasteiger partial charge in [-0.15, -0.1) is 0 Å². The molecule has 1 amide bonds. The molecule has 1 aromatic carbocycles. The summed E-state index contributed by atoms with van der Waals surface area (Å²) in [5.74, 6) is -1.22. The van der Waals surface area contributed by atoms with Crippen molar-refractivity contribution in [2.24, 2.45) is 5.73 Å². The van der Waals surface area contributed by atoms with Gasteiger partial charge in [-0.05, 0) is 18.4 Å². The van der Waals surface area contributed by atoms with E-state index in [9.17, 15) is 20.0 Å². The normalized spacial score (nSPS) is 15.8. The van der Waals surface area contributed by atoms with Crippen molar-refractivity contribution in [2.75, 3.05) is 6.54 Å². The highest BCUT2D eigenvalue weighted by molar-refractivity contribution is 5.96. The Kier molecular flexibility index (Phi) is 6.20. The molecule has 29 heavy (non-hydrogen) atoms. The molecule has 2 aliphatic rings. The number of nitrogens with zero attached hydrogens (tertiary/aromatic N) is 3. The largest absolute Gasteiger partial charge is 0.478 e. The Labute approximate surface area is 168 Å². The smallest absolute Gasteiger partial charge is 0.407 e. The molecule has 2 heterocycles. The maximum absolute atomic E-state index is 11.6.